The van der Waals surface area contributed by atoms with Gasteiger partial charge in [0.1, 0.15) is 11.6 Å². The molecular formula is C16H14N2O2. The van der Waals surface area contributed by atoms with Gasteiger partial charge in [0.2, 0.25) is 0 Å². The lowest BCUT2D eigenvalue weighted by atomic mass is 10.2. The van der Waals surface area contributed by atoms with Gasteiger partial charge in [0, 0.05) is 6.42 Å². The van der Waals surface area contributed by atoms with Crippen molar-refractivity contribution in [3.8, 4) is 5.75 Å². The van der Waals surface area contributed by atoms with E-state index < -0.39 is 0 Å². The summed E-state index contributed by atoms with van der Waals surface area (Å²) >= 11 is 0. The first kappa shape index (κ1) is 12.4. The fraction of sp³-hybridized carbons (Fsp3) is 0.125. The Morgan fingerprint density at radius 2 is 1.75 bits per heavy atom. The molecule has 1 aromatic heterocycles. The number of aromatic amines is 1. The predicted molar refractivity (Wildman–Crippen MR) is 78.0 cm³/mol. The number of benzene rings is 2. The Morgan fingerprint density at radius 1 is 1.00 bits per heavy atom. The van der Waals surface area contributed by atoms with Gasteiger partial charge in [-0.3, -0.25) is 4.79 Å². The maximum absolute atomic E-state index is 11.9. The van der Waals surface area contributed by atoms with Gasteiger partial charge in [-0.25, -0.2) is 4.98 Å². The van der Waals surface area contributed by atoms with Crippen LogP contribution in [0.5, 0.6) is 5.75 Å². The largest absolute Gasteiger partial charge is 0.493 e. The molecule has 0 unspecified atom stereocenters. The Bertz CT molecular complexity index is 766. The van der Waals surface area contributed by atoms with E-state index in [0.717, 1.165) is 5.75 Å². The van der Waals surface area contributed by atoms with Gasteiger partial charge in [-0.2, -0.15) is 0 Å². The molecule has 0 bridgehead atoms. The van der Waals surface area contributed by atoms with Crippen LogP contribution >= 0.6 is 0 Å². The SMILES string of the molecule is O=c1[nH]c(CCOc2ccccc2)nc2ccccc12. The number of H-pyrrole nitrogens is 1. The molecule has 0 saturated heterocycles. The van der Waals surface area contributed by atoms with E-state index in [-0.39, 0.29) is 5.56 Å². The molecule has 0 radical (unpaired) electrons. The Morgan fingerprint density at radius 3 is 2.60 bits per heavy atom. The van der Waals surface area contributed by atoms with Crippen molar-refractivity contribution in [1.29, 1.82) is 0 Å². The third-order valence-electron chi connectivity index (χ3n) is 3.01. The summed E-state index contributed by atoms with van der Waals surface area (Å²) in [5.41, 5.74) is 0.608. The van der Waals surface area contributed by atoms with Crippen LogP contribution in [-0.4, -0.2) is 16.6 Å². The molecule has 1 heterocycles. The zero-order valence-electron chi connectivity index (χ0n) is 10.9. The van der Waals surface area contributed by atoms with E-state index in [1.807, 2.05) is 48.5 Å². The van der Waals surface area contributed by atoms with Gasteiger partial charge in [-0.1, -0.05) is 30.3 Å². The van der Waals surface area contributed by atoms with Gasteiger partial charge >= 0.3 is 0 Å². The van der Waals surface area contributed by atoms with E-state index in [4.69, 9.17) is 4.74 Å². The fourth-order valence-corrected chi connectivity index (χ4v) is 2.04. The van der Waals surface area contributed by atoms with Gasteiger partial charge in [0.15, 0.2) is 0 Å². The number of ether oxygens (including phenoxy) is 1. The van der Waals surface area contributed by atoms with Crippen molar-refractivity contribution in [3.63, 3.8) is 0 Å². The first-order valence-electron chi connectivity index (χ1n) is 6.49. The van der Waals surface area contributed by atoms with Crippen molar-refractivity contribution in [2.45, 2.75) is 6.42 Å². The molecule has 0 spiro atoms. The molecule has 0 amide bonds. The highest BCUT2D eigenvalue weighted by Crippen LogP contribution is 2.09. The molecular weight excluding hydrogens is 252 g/mol. The number of aromatic nitrogens is 2. The Labute approximate surface area is 116 Å². The van der Waals surface area contributed by atoms with Crippen molar-refractivity contribution in [3.05, 3.63) is 70.8 Å². The molecule has 4 heteroatoms. The summed E-state index contributed by atoms with van der Waals surface area (Å²) in [6.45, 7) is 0.477. The molecule has 0 aliphatic heterocycles. The molecule has 2 aromatic carbocycles. The summed E-state index contributed by atoms with van der Waals surface area (Å²) in [6, 6.07) is 16.9. The van der Waals surface area contributed by atoms with Crippen LogP contribution < -0.4 is 10.3 Å². The normalized spacial score (nSPS) is 10.6. The Hall–Kier alpha value is -2.62. The van der Waals surface area contributed by atoms with E-state index in [1.54, 1.807) is 6.07 Å². The second-order valence-electron chi connectivity index (χ2n) is 4.44. The molecule has 0 saturated carbocycles. The average molecular weight is 266 g/mol. The molecule has 1 N–H and O–H groups in total. The Balaban J connectivity index is 1.73. The summed E-state index contributed by atoms with van der Waals surface area (Å²) in [5, 5.41) is 0.611. The van der Waals surface area contributed by atoms with Crippen LogP contribution in [0.2, 0.25) is 0 Å². The number of nitrogens with zero attached hydrogens (tertiary/aromatic N) is 1. The molecule has 4 nitrogen and oxygen atoms in total. The smallest absolute Gasteiger partial charge is 0.258 e. The van der Waals surface area contributed by atoms with Gasteiger partial charge in [-0.15, -0.1) is 0 Å². The predicted octanol–water partition coefficient (Wildman–Crippen LogP) is 2.54. The summed E-state index contributed by atoms with van der Waals surface area (Å²) in [6.07, 6.45) is 0.564. The van der Waals surface area contributed by atoms with Gasteiger partial charge in [0.25, 0.3) is 5.56 Å². The third-order valence-corrected chi connectivity index (χ3v) is 3.01. The lowest BCUT2D eigenvalue weighted by Crippen LogP contribution is -2.14. The molecule has 100 valence electrons. The number of hydrogen-bond acceptors (Lipinski definition) is 3. The maximum atomic E-state index is 11.9. The zero-order valence-corrected chi connectivity index (χ0v) is 10.9. The van der Waals surface area contributed by atoms with Crippen molar-refractivity contribution >= 4 is 10.9 Å². The topological polar surface area (TPSA) is 55.0 Å². The Kier molecular flexibility index (Phi) is 3.46. The van der Waals surface area contributed by atoms with E-state index in [1.165, 1.54) is 0 Å². The lowest BCUT2D eigenvalue weighted by molar-refractivity contribution is 0.319. The monoisotopic (exact) mass is 266 g/mol. The first-order chi connectivity index (χ1) is 9.83. The number of rotatable bonds is 4. The number of hydrogen-bond donors (Lipinski definition) is 1. The van der Waals surface area contributed by atoms with E-state index in [9.17, 15) is 4.79 Å². The van der Waals surface area contributed by atoms with E-state index >= 15 is 0 Å². The van der Waals surface area contributed by atoms with Crippen LogP contribution in [0.4, 0.5) is 0 Å². The van der Waals surface area contributed by atoms with Crippen LogP contribution in [0.15, 0.2) is 59.4 Å². The van der Waals surface area contributed by atoms with Crippen LogP contribution in [0.25, 0.3) is 10.9 Å². The van der Waals surface area contributed by atoms with Gasteiger partial charge in [0.05, 0.1) is 17.5 Å². The average Bonchev–Trinajstić information content (AvgIpc) is 2.48. The third kappa shape index (κ3) is 2.69. The number of nitrogens with one attached hydrogen (secondary N) is 1. The molecule has 3 rings (SSSR count). The van der Waals surface area contributed by atoms with E-state index in [2.05, 4.69) is 9.97 Å². The molecule has 0 fully saturated rings. The highest BCUT2D eigenvalue weighted by atomic mass is 16.5. The van der Waals surface area contributed by atoms with Crippen LogP contribution in [0.3, 0.4) is 0 Å². The lowest BCUT2D eigenvalue weighted by Gasteiger charge is -2.06. The standard InChI is InChI=1S/C16H14N2O2/c19-16-13-8-4-5-9-14(13)17-15(18-16)10-11-20-12-6-2-1-3-7-12/h1-9H,10-11H2,(H,17,18,19). The first-order valence-corrected chi connectivity index (χ1v) is 6.49. The quantitative estimate of drug-likeness (QED) is 0.789. The summed E-state index contributed by atoms with van der Waals surface area (Å²) in [5.74, 6) is 1.46. The second-order valence-corrected chi connectivity index (χ2v) is 4.44. The highest BCUT2D eigenvalue weighted by molar-refractivity contribution is 5.77. The van der Waals surface area contributed by atoms with Gasteiger partial charge in [-0.05, 0) is 24.3 Å². The van der Waals surface area contributed by atoms with Gasteiger partial charge < -0.3 is 9.72 Å². The molecule has 0 atom stereocenters. The summed E-state index contributed by atoms with van der Waals surface area (Å²) in [7, 11) is 0. The number of fused-ring (bicyclic) bond motifs is 1. The van der Waals surface area contributed by atoms with Crippen LogP contribution in [-0.2, 0) is 6.42 Å². The summed E-state index contributed by atoms with van der Waals surface area (Å²) in [4.78, 5) is 19.1. The van der Waals surface area contributed by atoms with Crippen LogP contribution in [0.1, 0.15) is 5.82 Å². The molecule has 3 aromatic rings. The minimum absolute atomic E-state index is 0.106. The number of para-hydroxylation sites is 2. The van der Waals surface area contributed by atoms with Crippen molar-refractivity contribution in [2.75, 3.05) is 6.61 Å². The minimum Gasteiger partial charge on any atom is -0.493 e. The molecule has 0 aliphatic rings. The fourth-order valence-electron chi connectivity index (χ4n) is 2.04. The van der Waals surface area contributed by atoms with Crippen molar-refractivity contribution in [1.82, 2.24) is 9.97 Å². The summed E-state index contributed by atoms with van der Waals surface area (Å²) < 4.78 is 5.60. The van der Waals surface area contributed by atoms with Crippen LogP contribution in [0, 0.1) is 0 Å². The maximum Gasteiger partial charge on any atom is 0.258 e. The molecule has 20 heavy (non-hydrogen) atoms. The second kappa shape index (κ2) is 5.57. The molecule has 0 aliphatic carbocycles. The van der Waals surface area contributed by atoms with E-state index in [0.29, 0.717) is 29.8 Å². The van der Waals surface area contributed by atoms with Crippen molar-refractivity contribution in [2.24, 2.45) is 0 Å². The van der Waals surface area contributed by atoms with Crippen molar-refractivity contribution < 1.29 is 4.74 Å². The highest BCUT2D eigenvalue weighted by Gasteiger charge is 2.03. The zero-order chi connectivity index (χ0) is 13.8. The minimum atomic E-state index is -0.106.